The summed E-state index contributed by atoms with van der Waals surface area (Å²) >= 11 is 5.95. The first-order valence-electron chi connectivity index (χ1n) is 5.34. The van der Waals surface area contributed by atoms with Crippen molar-refractivity contribution in [2.75, 3.05) is 6.61 Å². The molecule has 1 aliphatic rings. The maximum absolute atomic E-state index is 11.5. The van der Waals surface area contributed by atoms with Crippen LogP contribution in [0.5, 0.6) is 5.75 Å². The van der Waals surface area contributed by atoms with Gasteiger partial charge in [-0.15, -0.1) is 0 Å². The van der Waals surface area contributed by atoms with Crippen molar-refractivity contribution in [2.24, 2.45) is 0 Å². The van der Waals surface area contributed by atoms with Gasteiger partial charge in [0.25, 0.3) is 0 Å². The van der Waals surface area contributed by atoms with Crippen molar-refractivity contribution in [3.05, 3.63) is 28.8 Å². The Kier molecular flexibility index (Phi) is 3.17. The van der Waals surface area contributed by atoms with Gasteiger partial charge in [-0.2, -0.15) is 0 Å². The summed E-state index contributed by atoms with van der Waals surface area (Å²) in [4.78, 5) is 22.5. The number of hydrogen-bond acceptors (Lipinski definition) is 3. The van der Waals surface area contributed by atoms with Gasteiger partial charge in [0.05, 0.1) is 18.1 Å². The monoisotopic (exact) mass is 270 g/mol. The van der Waals surface area contributed by atoms with Crippen LogP contribution in [-0.2, 0) is 15.0 Å². The Labute approximate surface area is 108 Å². The molecule has 0 saturated heterocycles. The lowest BCUT2D eigenvalue weighted by Gasteiger charge is -2.34. The summed E-state index contributed by atoms with van der Waals surface area (Å²) in [7, 11) is 0. The number of carbonyl (C=O) groups is 2. The van der Waals surface area contributed by atoms with Crippen LogP contribution in [0.1, 0.15) is 18.4 Å². The molecule has 1 heterocycles. The van der Waals surface area contributed by atoms with E-state index in [0.717, 1.165) is 0 Å². The van der Waals surface area contributed by atoms with E-state index in [-0.39, 0.29) is 18.8 Å². The standard InChI is InChI=1S/C12H11ClO5/c13-8-3-1-2-7-10(8)18-5-4-12(7,11(16)17)6-9(14)15/h1-3H,4-6H2,(H,14,15)(H,16,17). The second-order valence-corrected chi connectivity index (χ2v) is 4.58. The quantitative estimate of drug-likeness (QED) is 0.877. The van der Waals surface area contributed by atoms with E-state index in [4.69, 9.17) is 21.4 Å². The Morgan fingerprint density at radius 3 is 2.72 bits per heavy atom. The second-order valence-electron chi connectivity index (χ2n) is 4.17. The topological polar surface area (TPSA) is 83.8 Å². The highest BCUT2D eigenvalue weighted by Gasteiger charge is 2.47. The zero-order chi connectivity index (χ0) is 13.3. The van der Waals surface area contributed by atoms with Gasteiger partial charge in [0.2, 0.25) is 0 Å². The fraction of sp³-hybridized carbons (Fsp3) is 0.333. The lowest BCUT2D eigenvalue weighted by atomic mass is 9.73. The summed E-state index contributed by atoms with van der Waals surface area (Å²) < 4.78 is 5.35. The first-order chi connectivity index (χ1) is 8.47. The number of para-hydroxylation sites is 1. The van der Waals surface area contributed by atoms with E-state index in [1.165, 1.54) is 0 Å². The van der Waals surface area contributed by atoms with E-state index in [1.54, 1.807) is 18.2 Å². The Morgan fingerprint density at radius 1 is 1.39 bits per heavy atom. The molecule has 0 amide bonds. The van der Waals surface area contributed by atoms with Crippen LogP contribution in [0.3, 0.4) is 0 Å². The normalized spacial score (nSPS) is 21.8. The smallest absolute Gasteiger partial charge is 0.314 e. The number of carboxylic acid groups (broad SMARTS) is 2. The molecule has 1 aliphatic heterocycles. The highest BCUT2D eigenvalue weighted by atomic mass is 35.5. The summed E-state index contributed by atoms with van der Waals surface area (Å²) in [5.41, 5.74) is -1.14. The van der Waals surface area contributed by atoms with Gasteiger partial charge in [-0.1, -0.05) is 23.7 Å². The third-order valence-corrected chi connectivity index (χ3v) is 3.42. The van der Waals surface area contributed by atoms with Crippen molar-refractivity contribution in [3.63, 3.8) is 0 Å². The van der Waals surface area contributed by atoms with Crippen LogP contribution in [0.25, 0.3) is 0 Å². The molecule has 1 aromatic rings. The predicted molar refractivity (Wildman–Crippen MR) is 63.1 cm³/mol. The molecule has 2 N–H and O–H groups in total. The highest BCUT2D eigenvalue weighted by molar-refractivity contribution is 6.32. The third kappa shape index (κ3) is 1.90. The molecular formula is C12H11ClO5. The van der Waals surface area contributed by atoms with Crippen LogP contribution in [-0.4, -0.2) is 28.8 Å². The molecule has 6 heteroatoms. The SMILES string of the molecule is O=C(O)CC1(C(=O)O)CCOc2c(Cl)cccc21. The second kappa shape index (κ2) is 4.49. The Hall–Kier alpha value is -1.75. The molecule has 0 bridgehead atoms. The molecule has 5 nitrogen and oxygen atoms in total. The van der Waals surface area contributed by atoms with Crippen LogP contribution in [0.2, 0.25) is 5.02 Å². The van der Waals surface area contributed by atoms with Crippen molar-refractivity contribution in [2.45, 2.75) is 18.3 Å². The van der Waals surface area contributed by atoms with Gasteiger partial charge < -0.3 is 14.9 Å². The average molecular weight is 271 g/mol. The van der Waals surface area contributed by atoms with Gasteiger partial charge in [0.1, 0.15) is 11.2 Å². The molecule has 0 spiro atoms. The number of ether oxygens (including phenoxy) is 1. The van der Waals surface area contributed by atoms with Crippen molar-refractivity contribution in [1.29, 1.82) is 0 Å². The molecule has 18 heavy (non-hydrogen) atoms. The van der Waals surface area contributed by atoms with E-state index in [2.05, 4.69) is 0 Å². The number of hydrogen-bond donors (Lipinski definition) is 2. The van der Waals surface area contributed by atoms with Gasteiger partial charge >= 0.3 is 11.9 Å². The lowest BCUT2D eigenvalue weighted by molar-refractivity contribution is -0.151. The minimum absolute atomic E-state index is 0.113. The van der Waals surface area contributed by atoms with E-state index >= 15 is 0 Å². The molecule has 1 unspecified atom stereocenters. The Balaban J connectivity index is 2.61. The highest BCUT2D eigenvalue weighted by Crippen LogP contribution is 2.44. The number of aliphatic carboxylic acids is 2. The number of halogens is 1. The van der Waals surface area contributed by atoms with E-state index < -0.39 is 23.8 Å². The molecule has 0 radical (unpaired) electrons. The Morgan fingerprint density at radius 2 is 2.11 bits per heavy atom. The van der Waals surface area contributed by atoms with E-state index in [1.807, 2.05) is 0 Å². The van der Waals surface area contributed by atoms with Crippen molar-refractivity contribution < 1.29 is 24.5 Å². The maximum atomic E-state index is 11.5. The first kappa shape index (κ1) is 12.7. The molecular weight excluding hydrogens is 260 g/mol. The molecule has 1 atom stereocenters. The van der Waals surface area contributed by atoms with Gasteiger partial charge in [-0.05, 0) is 6.07 Å². The first-order valence-corrected chi connectivity index (χ1v) is 5.72. The van der Waals surface area contributed by atoms with Crippen LogP contribution >= 0.6 is 11.6 Å². The summed E-state index contributed by atoms with van der Waals surface area (Å²) in [5.74, 6) is -2.06. The average Bonchev–Trinajstić information content (AvgIpc) is 2.29. The fourth-order valence-electron chi connectivity index (χ4n) is 2.23. The number of fused-ring (bicyclic) bond motifs is 1. The molecule has 1 aromatic carbocycles. The minimum atomic E-state index is -1.47. The maximum Gasteiger partial charge on any atom is 0.314 e. The van der Waals surface area contributed by atoms with Crippen LogP contribution < -0.4 is 4.74 Å². The summed E-state index contributed by atoms with van der Waals surface area (Å²) in [6, 6.07) is 4.73. The summed E-state index contributed by atoms with van der Waals surface area (Å²) in [6.07, 6.45) is -0.374. The number of carboxylic acids is 2. The summed E-state index contributed by atoms with van der Waals surface area (Å²) in [5, 5.41) is 18.6. The van der Waals surface area contributed by atoms with Crippen LogP contribution in [0.15, 0.2) is 18.2 Å². The number of rotatable bonds is 3. The summed E-state index contributed by atoms with van der Waals surface area (Å²) in [6.45, 7) is 0.135. The largest absolute Gasteiger partial charge is 0.492 e. The molecule has 96 valence electrons. The fourth-order valence-corrected chi connectivity index (χ4v) is 2.46. The van der Waals surface area contributed by atoms with Crippen molar-refractivity contribution in [1.82, 2.24) is 0 Å². The Bertz CT molecular complexity index is 513. The molecule has 2 rings (SSSR count). The van der Waals surface area contributed by atoms with E-state index in [9.17, 15) is 14.7 Å². The molecule has 0 aliphatic carbocycles. The third-order valence-electron chi connectivity index (χ3n) is 3.12. The number of benzene rings is 1. The van der Waals surface area contributed by atoms with Crippen LogP contribution in [0.4, 0.5) is 0 Å². The van der Waals surface area contributed by atoms with Crippen molar-refractivity contribution >= 4 is 23.5 Å². The molecule has 0 aromatic heterocycles. The van der Waals surface area contributed by atoms with Gasteiger partial charge in [-0.3, -0.25) is 9.59 Å². The van der Waals surface area contributed by atoms with Crippen molar-refractivity contribution in [3.8, 4) is 5.75 Å². The van der Waals surface area contributed by atoms with Gasteiger partial charge in [-0.25, -0.2) is 0 Å². The lowest BCUT2D eigenvalue weighted by Crippen LogP contribution is -2.42. The molecule has 0 saturated carbocycles. The van der Waals surface area contributed by atoms with Gasteiger partial charge in [0.15, 0.2) is 0 Å². The van der Waals surface area contributed by atoms with E-state index in [0.29, 0.717) is 10.6 Å². The zero-order valence-electron chi connectivity index (χ0n) is 9.35. The van der Waals surface area contributed by atoms with Crippen LogP contribution in [0, 0.1) is 0 Å². The predicted octanol–water partition coefficient (Wildman–Crippen LogP) is 1.92. The van der Waals surface area contributed by atoms with Gasteiger partial charge in [0, 0.05) is 12.0 Å². The molecule has 0 fully saturated rings. The minimum Gasteiger partial charge on any atom is -0.492 e. The zero-order valence-corrected chi connectivity index (χ0v) is 10.1.